The normalized spacial score (nSPS) is 17.9. The third-order valence-electron chi connectivity index (χ3n) is 3.45. The van der Waals surface area contributed by atoms with Crippen LogP contribution in [0.4, 0.5) is 0 Å². The number of hydrogen-bond donors (Lipinski definition) is 1. The molecule has 1 aliphatic heterocycles. The molecule has 1 fully saturated rings. The molecule has 1 aliphatic rings. The Balaban J connectivity index is 1.71. The van der Waals surface area contributed by atoms with E-state index in [9.17, 15) is 4.79 Å². The average Bonchev–Trinajstić information content (AvgIpc) is 2.47. The van der Waals surface area contributed by atoms with Crippen LogP contribution in [0.1, 0.15) is 30.2 Å². The van der Waals surface area contributed by atoms with Gasteiger partial charge in [0.2, 0.25) is 5.91 Å². The minimum atomic E-state index is -0.146. The second-order valence-corrected chi connectivity index (χ2v) is 6.69. The van der Waals surface area contributed by atoms with Crippen molar-refractivity contribution in [1.29, 1.82) is 0 Å². The number of rotatable bonds is 5. The summed E-state index contributed by atoms with van der Waals surface area (Å²) < 4.78 is 0. The van der Waals surface area contributed by atoms with E-state index in [0.717, 1.165) is 5.56 Å². The van der Waals surface area contributed by atoms with Gasteiger partial charge in [0, 0.05) is 13.0 Å². The Hall–Kier alpha value is -0.670. The number of hydrogen-bond acceptors (Lipinski definition) is 2. The minimum Gasteiger partial charge on any atom is -0.354 e. The van der Waals surface area contributed by atoms with Gasteiger partial charge in [0.05, 0.1) is 5.38 Å². The van der Waals surface area contributed by atoms with Gasteiger partial charge >= 0.3 is 0 Å². The molecular weight excluding hydrogens is 278 g/mol. The van der Waals surface area contributed by atoms with Crippen LogP contribution in [0.15, 0.2) is 30.3 Å². The summed E-state index contributed by atoms with van der Waals surface area (Å²) in [5.41, 5.74) is 1.05. The van der Waals surface area contributed by atoms with Crippen molar-refractivity contribution in [3.05, 3.63) is 35.9 Å². The number of carbonyl (C=O) groups excluding carboxylic acids is 1. The molecule has 0 saturated carbocycles. The Bertz CT molecular complexity index is 392. The van der Waals surface area contributed by atoms with Gasteiger partial charge in [-0.2, -0.15) is 11.8 Å². The van der Waals surface area contributed by atoms with Gasteiger partial charge in [-0.05, 0) is 35.8 Å². The van der Waals surface area contributed by atoms with Gasteiger partial charge in [-0.25, -0.2) is 0 Å². The van der Waals surface area contributed by atoms with Crippen molar-refractivity contribution >= 4 is 29.3 Å². The number of carbonyl (C=O) groups is 1. The lowest BCUT2D eigenvalue weighted by Crippen LogP contribution is -2.29. The quantitative estimate of drug-likeness (QED) is 0.841. The number of halogens is 1. The summed E-state index contributed by atoms with van der Waals surface area (Å²) in [7, 11) is 0. The minimum absolute atomic E-state index is 0.137. The molecule has 2 rings (SSSR count). The molecule has 1 unspecified atom stereocenters. The topological polar surface area (TPSA) is 29.1 Å². The van der Waals surface area contributed by atoms with Crippen molar-refractivity contribution in [2.45, 2.75) is 24.6 Å². The van der Waals surface area contributed by atoms with Crippen LogP contribution in [0.2, 0.25) is 0 Å². The Morgan fingerprint density at radius 3 is 2.68 bits per heavy atom. The maximum atomic E-state index is 11.9. The largest absolute Gasteiger partial charge is 0.354 e. The summed E-state index contributed by atoms with van der Waals surface area (Å²) in [6, 6.07) is 9.87. The average molecular weight is 298 g/mol. The lowest BCUT2D eigenvalue weighted by atomic mass is 9.98. The first-order chi connectivity index (χ1) is 9.25. The molecule has 1 heterocycles. The van der Waals surface area contributed by atoms with Crippen molar-refractivity contribution in [2.75, 3.05) is 18.1 Å². The van der Waals surface area contributed by atoms with E-state index >= 15 is 0 Å². The van der Waals surface area contributed by atoms with Crippen LogP contribution in [0, 0.1) is 5.92 Å². The fraction of sp³-hybridized carbons (Fsp3) is 0.533. The highest BCUT2D eigenvalue weighted by Gasteiger charge is 2.17. The molecule has 0 aromatic heterocycles. The molecule has 1 atom stereocenters. The van der Waals surface area contributed by atoms with Crippen molar-refractivity contribution in [1.82, 2.24) is 5.32 Å². The number of thioether (sulfide) groups is 1. The predicted molar refractivity (Wildman–Crippen MR) is 82.7 cm³/mol. The Morgan fingerprint density at radius 2 is 2.00 bits per heavy atom. The Kier molecular flexibility index (Phi) is 6.05. The highest BCUT2D eigenvalue weighted by molar-refractivity contribution is 7.99. The Labute approximate surface area is 124 Å². The zero-order valence-corrected chi connectivity index (χ0v) is 12.6. The number of alkyl halides is 1. The van der Waals surface area contributed by atoms with E-state index in [1.165, 1.54) is 24.3 Å². The fourth-order valence-electron chi connectivity index (χ4n) is 2.27. The molecule has 2 nitrogen and oxygen atoms in total. The molecule has 4 heteroatoms. The lowest BCUT2D eigenvalue weighted by molar-refractivity contribution is -0.122. The first-order valence-corrected chi connectivity index (χ1v) is 8.38. The van der Waals surface area contributed by atoms with Gasteiger partial charge in [0.1, 0.15) is 0 Å². The van der Waals surface area contributed by atoms with Crippen molar-refractivity contribution in [3.63, 3.8) is 0 Å². The van der Waals surface area contributed by atoms with E-state index in [1.807, 2.05) is 42.1 Å². The molecule has 1 aromatic carbocycles. The smallest absolute Gasteiger partial charge is 0.220 e. The van der Waals surface area contributed by atoms with Crippen LogP contribution in [-0.2, 0) is 4.79 Å². The Morgan fingerprint density at radius 1 is 1.32 bits per heavy atom. The van der Waals surface area contributed by atoms with Gasteiger partial charge in [0.15, 0.2) is 0 Å². The number of amides is 1. The zero-order valence-electron chi connectivity index (χ0n) is 11.0. The summed E-state index contributed by atoms with van der Waals surface area (Å²) in [5.74, 6) is 3.09. The van der Waals surface area contributed by atoms with Gasteiger partial charge in [-0.1, -0.05) is 30.3 Å². The van der Waals surface area contributed by atoms with Crippen LogP contribution < -0.4 is 5.32 Å². The second-order valence-electron chi connectivity index (χ2n) is 4.94. The summed E-state index contributed by atoms with van der Waals surface area (Å²) in [6.45, 7) is 0.506. The van der Waals surface area contributed by atoms with Gasteiger partial charge in [-0.3, -0.25) is 4.79 Å². The summed E-state index contributed by atoms with van der Waals surface area (Å²) >= 11 is 8.26. The molecular formula is C15H20ClNOS. The van der Waals surface area contributed by atoms with Crippen molar-refractivity contribution in [2.24, 2.45) is 5.92 Å². The molecule has 0 aliphatic carbocycles. The van der Waals surface area contributed by atoms with Crippen molar-refractivity contribution < 1.29 is 4.79 Å². The standard InChI is InChI=1S/C15H20ClNOS/c16-14(13-4-2-1-3-5-13)11-17-15(18)10-12-6-8-19-9-7-12/h1-5,12,14H,6-11H2,(H,17,18). The summed E-state index contributed by atoms with van der Waals surface area (Å²) in [6.07, 6.45) is 2.99. The first-order valence-electron chi connectivity index (χ1n) is 6.79. The second kappa shape index (κ2) is 7.81. The summed E-state index contributed by atoms with van der Waals surface area (Å²) in [4.78, 5) is 11.9. The van der Waals surface area contributed by atoms with Gasteiger partial charge in [0.25, 0.3) is 0 Å². The number of benzene rings is 1. The molecule has 1 N–H and O–H groups in total. The highest BCUT2D eigenvalue weighted by Crippen LogP contribution is 2.25. The van der Waals surface area contributed by atoms with Crippen LogP contribution in [-0.4, -0.2) is 24.0 Å². The maximum absolute atomic E-state index is 11.9. The van der Waals surface area contributed by atoms with Crippen LogP contribution in [0.5, 0.6) is 0 Å². The lowest BCUT2D eigenvalue weighted by Gasteiger charge is -2.21. The van der Waals surface area contributed by atoms with E-state index in [2.05, 4.69) is 5.32 Å². The van der Waals surface area contributed by atoms with E-state index in [4.69, 9.17) is 11.6 Å². The molecule has 0 radical (unpaired) electrons. The SMILES string of the molecule is O=C(CC1CCSCC1)NCC(Cl)c1ccccc1. The van der Waals surface area contributed by atoms with Crippen LogP contribution in [0.25, 0.3) is 0 Å². The molecule has 104 valence electrons. The fourth-order valence-corrected chi connectivity index (χ4v) is 3.69. The predicted octanol–water partition coefficient (Wildman–Crippen LogP) is 3.62. The third kappa shape index (κ3) is 5.07. The van der Waals surface area contributed by atoms with Gasteiger partial charge < -0.3 is 5.32 Å². The molecule has 0 bridgehead atoms. The monoisotopic (exact) mass is 297 g/mol. The van der Waals surface area contributed by atoms with Crippen molar-refractivity contribution in [3.8, 4) is 0 Å². The summed E-state index contributed by atoms with van der Waals surface area (Å²) in [5, 5.41) is 2.80. The zero-order chi connectivity index (χ0) is 13.5. The molecule has 1 aromatic rings. The van der Waals surface area contributed by atoms with E-state index in [1.54, 1.807) is 0 Å². The van der Waals surface area contributed by atoms with Gasteiger partial charge in [-0.15, -0.1) is 11.6 Å². The number of nitrogens with one attached hydrogen (secondary N) is 1. The molecule has 19 heavy (non-hydrogen) atoms. The van der Waals surface area contributed by atoms with E-state index in [0.29, 0.717) is 18.9 Å². The maximum Gasteiger partial charge on any atom is 0.220 e. The van der Waals surface area contributed by atoms with E-state index < -0.39 is 0 Å². The molecule has 1 saturated heterocycles. The van der Waals surface area contributed by atoms with Crippen LogP contribution >= 0.6 is 23.4 Å². The molecule has 1 amide bonds. The van der Waals surface area contributed by atoms with Crippen LogP contribution in [0.3, 0.4) is 0 Å². The highest BCUT2D eigenvalue weighted by atomic mass is 35.5. The molecule has 0 spiro atoms. The third-order valence-corrected chi connectivity index (χ3v) is 4.91. The van der Waals surface area contributed by atoms with E-state index in [-0.39, 0.29) is 11.3 Å². The first kappa shape index (κ1) is 14.7.